The minimum absolute atomic E-state index is 0.282. The second kappa shape index (κ2) is 8.13. The van der Waals surface area contributed by atoms with Crippen LogP contribution in [-0.2, 0) is 16.0 Å². The van der Waals surface area contributed by atoms with Crippen LogP contribution in [0, 0.1) is 11.3 Å². The van der Waals surface area contributed by atoms with Gasteiger partial charge in [-0.3, -0.25) is 4.79 Å². The SMILES string of the molecule is COC(=O)C(C)CC(=N)Cc1cccc(Oc2ccccc2)c1. The molecule has 4 nitrogen and oxygen atoms in total. The topological polar surface area (TPSA) is 59.4 Å². The number of hydrogen-bond donors (Lipinski definition) is 1. The number of carbonyl (C=O) groups is 1. The van der Waals surface area contributed by atoms with Crippen molar-refractivity contribution >= 4 is 11.7 Å². The Morgan fingerprint density at radius 3 is 2.48 bits per heavy atom. The van der Waals surface area contributed by atoms with E-state index in [1.54, 1.807) is 6.92 Å². The Kier molecular flexibility index (Phi) is 5.92. The van der Waals surface area contributed by atoms with Crippen LogP contribution >= 0.6 is 0 Å². The molecular formula is C19H21NO3. The van der Waals surface area contributed by atoms with Gasteiger partial charge in [-0.1, -0.05) is 37.3 Å². The minimum Gasteiger partial charge on any atom is -0.469 e. The largest absolute Gasteiger partial charge is 0.469 e. The second-order valence-electron chi connectivity index (χ2n) is 5.47. The summed E-state index contributed by atoms with van der Waals surface area (Å²) in [5, 5.41) is 8.07. The monoisotopic (exact) mass is 311 g/mol. The van der Waals surface area contributed by atoms with Crippen molar-refractivity contribution in [3.63, 3.8) is 0 Å². The first-order chi connectivity index (χ1) is 11.1. The van der Waals surface area contributed by atoms with E-state index in [0.29, 0.717) is 18.6 Å². The van der Waals surface area contributed by atoms with Gasteiger partial charge < -0.3 is 14.9 Å². The van der Waals surface area contributed by atoms with Gasteiger partial charge in [0.15, 0.2) is 0 Å². The Labute approximate surface area is 136 Å². The third-order valence-electron chi connectivity index (χ3n) is 3.45. The lowest BCUT2D eigenvalue weighted by atomic mass is 9.99. The molecule has 2 aromatic rings. The quantitative estimate of drug-likeness (QED) is 0.614. The average molecular weight is 311 g/mol. The maximum Gasteiger partial charge on any atom is 0.308 e. The summed E-state index contributed by atoms with van der Waals surface area (Å²) in [6.07, 6.45) is 0.893. The number of hydrogen-bond acceptors (Lipinski definition) is 4. The zero-order chi connectivity index (χ0) is 16.7. The molecular weight excluding hydrogens is 290 g/mol. The van der Waals surface area contributed by atoms with Crippen molar-refractivity contribution in [1.82, 2.24) is 0 Å². The fourth-order valence-corrected chi connectivity index (χ4v) is 2.32. The highest BCUT2D eigenvalue weighted by atomic mass is 16.5. The van der Waals surface area contributed by atoms with Gasteiger partial charge in [0, 0.05) is 12.1 Å². The van der Waals surface area contributed by atoms with Crippen molar-refractivity contribution < 1.29 is 14.3 Å². The van der Waals surface area contributed by atoms with Crippen molar-refractivity contribution in [2.24, 2.45) is 5.92 Å². The van der Waals surface area contributed by atoms with E-state index in [4.69, 9.17) is 14.9 Å². The number of methoxy groups -OCH3 is 1. The summed E-state index contributed by atoms with van der Waals surface area (Å²) in [6.45, 7) is 1.77. The van der Waals surface area contributed by atoms with Crippen LogP contribution in [0.15, 0.2) is 54.6 Å². The van der Waals surface area contributed by atoms with E-state index in [1.807, 2.05) is 54.6 Å². The van der Waals surface area contributed by atoms with Gasteiger partial charge in [0.1, 0.15) is 11.5 Å². The highest BCUT2D eigenvalue weighted by molar-refractivity contribution is 5.87. The first kappa shape index (κ1) is 16.7. The third kappa shape index (κ3) is 5.25. The number of carbonyl (C=O) groups excluding carboxylic acids is 1. The Morgan fingerprint density at radius 1 is 1.09 bits per heavy atom. The van der Waals surface area contributed by atoms with Crippen LogP contribution in [0.5, 0.6) is 11.5 Å². The standard InChI is InChI=1S/C19H21NO3/c1-14(19(21)22-2)11-16(20)12-15-7-6-10-18(13-15)23-17-8-4-3-5-9-17/h3-10,13-14,20H,11-12H2,1-2H3. The predicted molar refractivity (Wildman–Crippen MR) is 90.2 cm³/mol. The molecule has 0 bridgehead atoms. The van der Waals surface area contributed by atoms with E-state index in [9.17, 15) is 4.79 Å². The summed E-state index contributed by atoms with van der Waals surface area (Å²) in [4.78, 5) is 11.4. The second-order valence-corrected chi connectivity index (χ2v) is 5.47. The van der Waals surface area contributed by atoms with Gasteiger partial charge in [-0.05, 0) is 36.2 Å². The zero-order valence-corrected chi connectivity index (χ0v) is 13.4. The smallest absolute Gasteiger partial charge is 0.308 e. The molecule has 4 heteroatoms. The molecule has 0 saturated heterocycles. The van der Waals surface area contributed by atoms with Crippen LogP contribution in [0.4, 0.5) is 0 Å². The van der Waals surface area contributed by atoms with Crippen LogP contribution in [-0.4, -0.2) is 18.8 Å². The van der Waals surface area contributed by atoms with Crippen LogP contribution in [0.2, 0.25) is 0 Å². The van der Waals surface area contributed by atoms with Crippen molar-refractivity contribution in [3.8, 4) is 11.5 Å². The molecule has 0 amide bonds. The van der Waals surface area contributed by atoms with E-state index in [0.717, 1.165) is 17.1 Å². The molecule has 0 radical (unpaired) electrons. The van der Waals surface area contributed by atoms with Crippen molar-refractivity contribution in [1.29, 1.82) is 5.41 Å². The third-order valence-corrected chi connectivity index (χ3v) is 3.45. The molecule has 23 heavy (non-hydrogen) atoms. The van der Waals surface area contributed by atoms with Crippen LogP contribution in [0.3, 0.4) is 0 Å². The van der Waals surface area contributed by atoms with Crippen molar-refractivity contribution in [2.45, 2.75) is 19.8 Å². The van der Waals surface area contributed by atoms with E-state index in [2.05, 4.69) is 0 Å². The van der Waals surface area contributed by atoms with Crippen LogP contribution in [0.25, 0.3) is 0 Å². The van der Waals surface area contributed by atoms with Gasteiger partial charge >= 0.3 is 5.97 Å². The van der Waals surface area contributed by atoms with Gasteiger partial charge in [-0.15, -0.1) is 0 Å². The first-order valence-corrected chi connectivity index (χ1v) is 7.54. The van der Waals surface area contributed by atoms with E-state index < -0.39 is 0 Å². The summed E-state index contributed by atoms with van der Waals surface area (Å²) in [5.41, 5.74) is 1.49. The molecule has 1 atom stereocenters. The Hall–Kier alpha value is -2.62. The molecule has 0 spiro atoms. The Bertz CT molecular complexity index is 667. The molecule has 0 aliphatic heterocycles. The average Bonchev–Trinajstić information content (AvgIpc) is 2.55. The summed E-state index contributed by atoms with van der Waals surface area (Å²) >= 11 is 0. The molecule has 0 aliphatic rings. The van der Waals surface area contributed by atoms with E-state index >= 15 is 0 Å². The fourth-order valence-electron chi connectivity index (χ4n) is 2.32. The number of rotatable bonds is 7. The molecule has 0 aliphatic carbocycles. The molecule has 120 valence electrons. The molecule has 0 saturated carbocycles. The Balaban J connectivity index is 1.97. The lowest BCUT2D eigenvalue weighted by Gasteiger charge is -2.11. The van der Waals surface area contributed by atoms with E-state index in [1.165, 1.54) is 7.11 Å². The highest BCUT2D eigenvalue weighted by Crippen LogP contribution is 2.22. The van der Waals surface area contributed by atoms with Gasteiger partial charge in [0.05, 0.1) is 13.0 Å². The molecule has 0 aromatic heterocycles. The number of ether oxygens (including phenoxy) is 2. The Morgan fingerprint density at radius 2 is 1.78 bits per heavy atom. The zero-order valence-electron chi connectivity index (χ0n) is 13.4. The van der Waals surface area contributed by atoms with Crippen LogP contribution < -0.4 is 4.74 Å². The van der Waals surface area contributed by atoms with Gasteiger partial charge in [-0.2, -0.15) is 0 Å². The molecule has 0 fully saturated rings. The number of benzene rings is 2. The predicted octanol–water partition coefficient (Wildman–Crippen LogP) is 4.24. The fraction of sp³-hybridized carbons (Fsp3) is 0.263. The van der Waals surface area contributed by atoms with E-state index in [-0.39, 0.29) is 11.9 Å². The van der Waals surface area contributed by atoms with Crippen molar-refractivity contribution in [3.05, 3.63) is 60.2 Å². The molecule has 2 rings (SSSR count). The van der Waals surface area contributed by atoms with Gasteiger partial charge in [0.2, 0.25) is 0 Å². The van der Waals surface area contributed by atoms with Gasteiger partial charge in [-0.25, -0.2) is 0 Å². The summed E-state index contributed by atoms with van der Waals surface area (Å²) in [5.74, 6) is 0.939. The lowest BCUT2D eigenvalue weighted by Crippen LogP contribution is -2.17. The van der Waals surface area contributed by atoms with Crippen LogP contribution in [0.1, 0.15) is 18.9 Å². The first-order valence-electron chi connectivity index (χ1n) is 7.54. The number of nitrogens with one attached hydrogen (secondary N) is 1. The van der Waals surface area contributed by atoms with Crippen molar-refractivity contribution in [2.75, 3.05) is 7.11 Å². The normalized spacial score (nSPS) is 11.6. The summed E-state index contributed by atoms with van der Waals surface area (Å²) in [7, 11) is 1.37. The lowest BCUT2D eigenvalue weighted by molar-refractivity contribution is -0.144. The summed E-state index contributed by atoms with van der Waals surface area (Å²) in [6, 6.07) is 17.2. The highest BCUT2D eigenvalue weighted by Gasteiger charge is 2.15. The molecule has 1 N–H and O–H groups in total. The molecule has 1 unspecified atom stereocenters. The molecule has 0 heterocycles. The number of esters is 1. The summed E-state index contributed by atoms with van der Waals surface area (Å²) < 4.78 is 10.5. The molecule has 2 aromatic carbocycles. The maximum absolute atomic E-state index is 11.4. The maximum atomic E-state index is 11.4. The van der Waals surface area contributed by atoms with Gasteiger partial charge in [0.25, 0.3) is 0 Å². The number of para-hydroxylation sites is 1. The minimum atomic E-state index is -0.295.